The summed E-state index contributed by atoms with van der Waals surface area (Å²) in [6, 6.07) is 13.4. The number of hydrogen-bond donors (Lipinski definition) is 3. The van der Waals surface area contributed by atoms with Crippen LogP contribution in [-0.2, 0) is 14.8 Å². The first-order chi connectivity index (χ1) is 13.2. The van der Waals surface area contributed by atoms with Gasteiger partial charge in [0.05, 0.1) is 6.26 Å². The topological polar surface area (TPSA) is 114 Å². The van der Waals surface area contributed by atoms with Crippen LogP contribution in [0.4, 0.5) is 5.69 Å². The minimum atomic E-state index is -3.36. The normalized spacial score (nSPS) is 10.8. The molecular weight excluding hydrogens is 382 g/mol. The molecule has 0 atom stereocenters. The number of nitrogens with one attached hydrogen (secondary N) is 3. The molecule has 0 bridgehead atoms. The van der Waals surface area contributed by atoms with Crippen LogP contribution in [-0.4, -0.2) is 46.2 Å². The van der Waals surface area contributed by atoms with Crippen LogP contribution >= 0.6 is 0 Å². The van der Waals surface area contributed by atoms with Crippen molar-refractivity contribution in [3.05, 3.63) is 59.7 Å². The molecule has 2 rings (SSSR count). The van der Waals surface area contributed by atoms with Crippen molar-refractivity contribution in [2.75, 3.05) is 30.7 Å². The van der Waals surface area contributed by atoms with Crippen molar-refractivity contribution in [2.45, 2.75) is 6.92 Å². The summed E-state index contributed by atoms with van der Waals surface area (Å²) >= 11 is 0. The number of ether oxygens (including phenoxy) is 1. The summed E-state index contributed by atoms with van der Waals surface area (Å²) < 4.78 is 30.0. The highest BCUT2D eigenvalue weighted by atomic mass is 32.2. The maximum absolute atomic E-state index is 12.0. The highest BCUT2D eigenvalue weighted by molar-refractivity contribution is 7.92. The molecule has 0 unspecified atom stereocenters. The van der Waals surface area contributed by atoms with Crippen molar-refractivity contribution >= 4 is 27.5 Å². The zero-order valence-electron chi connectivity index (χ0n) is 15.7. The zero-order valence-corrected chi connectivity index (χ0v) is 16.5. The summed E-state index contributed by atoms with van der Waals surface area (Å²) in [4.78, 5) is 23.8. The molecule has 0 spiro atoms. The molecule has 0 heterocycles. The highest BCUT2D eigenvalue weighted by Gasteiger charge is 2.07. The molecule has 150 valence electrons. The minimum absolute atomic E-state index is 0.105. The number of sulfonamides is 1. The molecule has 0 aromatic heterocycles. The lowest BCUT2D eigenvalue weighted by Gasteiger charge is -2.09. The van der Waals surface area contributed by atoms with E-state index in [0.717, 1.165) is 11.8 Å². The SMILES string of the molecule is Cc1ccc(OCC(=O)NCCNC(=O)c2ccc(NS(C)(=O)=O)cc2)cc1. The van der Waals surface area contributed by atoms with Gasteiger partial charge < -0.3 is 15.4 Å². The molecule has 3 N–H and O–H groups in total. The van der Waals surface area contributed by atoms with Gasteiger partial charge in [0.25, 0.3) is 11.8 Å². The maximum Gasteiger partial charge on any atom is 0.258 e. The quantitative estimate of drug-likeness (QED) is 0.544. The number of benzene rings is 2. The van der Waals surface area contributed by atoms with E-state index < -0.39 is 10.0 Å². The first-order valence-electron chi connectivity index (χ1n) is 8.55. The van der Waals surface area contributed by atoms with E-state index in [1.54, 1.807) is 12.1 Å². The number of carbonyl (C=O) groups is 2. The van der Waals surface area contributed by atoms with Crippen molar-refractivity contribution in [1.82, 2.24) is 10.6 Å². The average Bonchev–Trinajstić information content (AvgIpc) is 2.64. The fourth-order valence-electron chi connectivity index (χ4n) is 2.22. The Morgan fingerprint density at radius 2 is 1.54 bits per heavy atom. The molecule has 0 aliphatic rings. The van der Waals surface area contributed by atoms with E-state index in [1.807, 2.05) is 19.1 Å². The lowest BCUT2D eigenvalue weighted by atomic mass is 10.2. The summed E-state index contributed by atoms with van der Waals surface area (Å²) in [6.45, 7) is 2.37. The lowest BCUT2D eigenvalue weighted by Crippen LogP contribution is -2.36. The first-order valence-corrected chi connectivity index (χ1v) is 10.4. The molecule has 0 fully saturated rings. The van der Waals surface area contributed by atoms with E-state index in [2.05, 4.69) is 15.4 Å². The van der Waals surface area contributed by atoms with Crippen molar-refractivity contribution in [1.29, 1.82) is 0 Å². The summed E-state index contributed by atoms with van der Waals surface area (Å²) in [5.74, 6) is 0.00458. The predicted octanol–water partition coefficient (Wildman–Crippen LogP) is 1.29. The molecule has 0 saturated carbocycles. The van der Waals surface area contributed by atoms with Crippen LogP contribution in [0.15, 0.2) is 48.5 Å². The summed E-state index contributed by atoms with van der Waals surface area (Å²) in [5, 5.41) is 5.32. The highest BCUT2D eigenvalue weighted by Crippen LogP contribution is 2.11. The Kier molecular flexibility index (Phi) is 7.39. The first kappa shape index (κ1) is 21.2. The predicted molar refractivity (Wildman–Crippen MR) is 107 cm³/mol. The molecule has 8 nitrogen and oxygen atoms in total. The molecule has 2 amide bonds. The number of amides is 2. The second-order valence-corrected chi connectivity index (χ2v) is 7.91. The van der Waals surface area contributed by atoms with Crippen molar-refractivity contribution < 1.29 is 22.7 Å². The number of anilines is 1. The van der Waals surface area contributed by atoms with Gasteiger partial charge in [-0.3, -0.25) is 14.3 Å². The number of aryl methyl sites for hydroxylation is 1. The summed E-state index contributed by atoms with van der Waals surface area (Å²) in [5.41, 5.74) is 1.86. The Balaban J connectivity index is 1.67. The molecular formula is C19H23N3O5S. The van der Waals surface area contributed by atoms with Crippen LogP contribution in [0, 0.1) is 6.92 Å². The third-order valence-corrected chi connectivity index (χ3v) is 4.18. The van der Waals surface area contributed by atoms with Crippen molar-refractivity contribution in [3.8, 4) is 5.75 Å². The molecule has 2 aromatic rings. The van der Waals surface area contributed by atoms with Gasteiger partial charge in [0.2, 0.25) is 10.0 Å². The zero-order chi connectivity index (χ0) is 20.6. The van der Waals surface area contributed by atoms with E-state index in [4.69, 9.17) is 4.74 Å². The molecule has 0 aliphatic carbocycles. The average molecular weight is 405 g/mol. The smallest absolute Gasteiger partial charge is 0.258 e. The Morgan fingerprint density at radius 3 is 2.14 bits per heavy atom. The number of rotatable bonds is 9. The lowest BCUT2D eigenvalue weighted by molar-refractivity contribution is -0.123. The molecule has 0 aliphatic heterocycles. The van der Waals surface area contributed by atoms with Crippen molar-refractivity contribution in [3.63, 3.8) is 0 Å². The Bertz CT molecular complexity index is 910. The van der Waals surface area contributed by atoms with Crippen LogP contribution in [0.25, 0.3) is 0 Å². The van der Waals surface area contributed by atoms with E-state index in [-0.39, 0.29) is 31.5 Å². The fourth-order valence-corrected chi connectivity index (χ4v) is 2.78. The Hall–Kier alpha value is -3.07. The fraction of sp³-hybridized carbons (Fsp3) is 0.263. The molecule has 0 radical (unpaired) electrons. The molecule has 28 heavy (non-hydrogen) atoms. The Morgan fingerprint density at radius 1 is 0.929 bits per heavy atom. The summed E-state index contributed by atoms with van der Waals surface area (Å²) in [7, 11) is -3.36. The second-order valence-electron chi connectivity index (χ2n) is 6.16. The minimum Gasteiger partial charge on any atom is -0.484 e. The molecule has 2 aromatic carbocycles. The van der Waals surface area contributed by atoms with E-state index in [1.165, 1.54) is 24.3 Å². The van der Waals surface area contributed by atoms with Gasteiger partial charge in [-0.15, -0.1) is 0 Å². The Labute approximate surface area is 164 Å². The van der Waals surface area contributed by atoms with Crippen LogP contribution < -0.4 is 20.1 Å². The van der Waals surface area contributed by atoms with Crippen LogP contribution in [0.3, 0.4) is 0 Å². The van der Waals surface area contributed by atoms with Gasteiger partial charge in [-0.1, -0.05) is 17.7 Å². The van der Waals surface area contributed by atoms with Gasteiger partial charge >= 0.3 is 0 Å². The van der Waals surface area contributed by atoms with Gasteiger partial charge in [0.1, 0.15) is 5.75 Å². The van der Waals surface area contributed by atoms with Gasteiger partial charge in [-0.2, -0.15) is 0 Å². The maximum atomic E-state index is 12.0. The standard InChI is InChI=1S/C19H23N3O5S/c1-14-3-9-17(10-4-14)27-13-18(23)20-11-12-21-19(24)15-5-7-16(8-6-15)22-28(2,25)26/h3-10,22H,11-13H2,1-2H3,(H,20,23)(H,21,24). The van der Waals surface area contributed by atoms with Crippen LogP contribution in [0.5, 0.6) is 5.75 Å². The van der Waals surface area contributed by atoms with E-state index >= 15 is 0 Å². The third-order valence-electron chi connectivity index (χ3n) is 3.57. The monoisotopic (exact) mass is 405 g/mol. The second kappa shape index (κ2) is 9.75. The number of hydrogen-bond acceptors (Lipinski definition) is 5. The van der Waals surface area contributed by atoms with Gasteiger partial charge in [-0.05, 0) is 43.3 Å². The van der Waals surface area contributed by atoms with E-state index in [9.17, 15) is 18.0 Å². The van der Waals surface area contributed by atoms with Crippen molar-refractivity contribution in [2.24, 2.45) is 0 Å². The summed E-state index contributed by atoms with van der Waals surface area (Å²) in [6.07, 6.45) is 1.05. The van der Waals surface area contributed by atoms with Gasteiger partial charge in [0.15, 0.2) is 6.61 Å². The molecule has 0 saturated heterocycles. The van der Waals surface area contributed by atoms with E-state index in [0.29, 0.717) is 17.0 Å². The van der Waals surface area contributed by atoms with Gasteiger partial charge in [-0.25, -0.2) is 8.42 Å². The van der Waals surface area contributed by atoms with Crippen LogP contribution in [0.2, 0.25) is 0 Å². The third kappa shape index (κ3) is 7.67. The van der Waals surface area contributed by atoms with Crippen LogP contribution in [0.1, 0.15) is 15.9 Å². The number of carbonyl (C=O) groups excluding carboxylic acids is 2. The van der Waals surface area contributed by atoms with Gasteiger partial charge in [0, 0.05) is 24.3 Å². The molecule has 9 heteroatoms. The largest absolute Gasteiger partial charge is 0.484 e.